The van der Waals surface area contributed by atoms with Gasteiger partial charge in [0.15, 0.2) is 5.13 Å². The van der Waals surface area contributed by atoms with Gasteiger partial charge in [0, 0.05) is 5.56 Å². The van der Waals surface area contributed by atoms with Crippen LogP contribution in [0.3, 0.4) is 0 Å². The smallest absolute Gasteiger partial charge is 0.237 e. The van der Waals surface area contributed by atoms with Crippen molar-refractivity contribution in [3.8, 4) is 17.1 Å². The van der Waals surface area contributed by atoms with Crippen LogP contribution in [0.25, 0.3) is 11.4 Å². The predicted molar refractivity (Wildman–Crippen MR) is 82.4 cm³/mol. The summed E-state index contributed by atoms with van der Waals surface area (Å²) in [6.45, 7) is 0. The number of aromatic nitrogens is 3. The lowest BCUT2D eigenvalue weighted by atomic mass is 10.2. The summed E-state index contributed by atoms with van der Waals surface area (Å²) in [7, 11) is 1.63. The van der Waals surface area contributed by atoms with Gasteiger partial charge in [-0.2, -0.15) is 4.98 Å². The summed E-state index contributed by atoms with van der Waals surface area (Å²) in [4.78, 5) is 8.37. The fraction of sp³-hybridized carbons (Fsp3) is 0.154. The largest absolute Gasteiger partial charge is 0.497 e. The number of ether oxygens (including phenoxy) is 1. The summed E-state index contributed by atoms with van der Waals surface area (Å²) in [6, 6.07) is 7.51. The molecule has 108 valence electrons. The normalized spacial score (nSPS) is 10.7. The Bertz CT molecular complexity index is 724. The number of anilines is 1. The maximum absolute atomic E-state index is 5.58. The van der Waals surface area contributed by atoms with Gasteiger partial charge in [0.05, 0.1) is 23.3 Å². The lowest BCUT2D eigenvalue weighted by Gasteiger charge is -1.98. The zero-order valence-corrected chi connectivity index (χ0v) is 12.8. The molecule has 8 heteroatoms. The van der Waals surface area contributed by atoms with Crippen LogP contribution in [-0.4, -0.2) is 22.2 Å². The Morgan fingerprint density at radius 3 is 2.81 bits per heavy atom. The molecule has 3 aromatic rings. The number of nitrogens with two attached hydrogens (primary N) is 1. The molecule has 0 unspecified atom stereocenters. The summed E-state index contributed by atoms with van der Waals surface area (Å²) >= 11 is 3.01. The van der Waals surface area contributed by atoms with E-state index in [9.17, 15) is 0 Å². The number of hydrogen-bond acceptors (Lipinski definition) is 8. The molecular formula is C13H12N4O2S2. The Morgan fingerprint density at radius 2 is 2.14 bits per heavy atom. The van der Waals surface area contributed by atoms with Gasteiger partial charge in [0.1, 0.15) is 5.75 Å². The van der Waals surface area contributed by atoms with Crippen molar-refractivity contribution in [1.29, 1.82) is 0 Å². The van der Waals surface area contributed by atoms with Crippen molar-refractivity contribution < 1.29 is 9.26 Å². The minimum Gasteiger partial charge on any atom is -0.497 e. The molecule has 0 aliphatic carbocycles. The van der Waals surface area contributed by atoms with Crippen LogP contribution in [0.4, 0.5) is 5.13 Å². The number of rotatable bonds is 5. The van der Waals surface area contributed by atoms with Crippen molar-refractivity contribution in [3.63, 3.8) is 0 Å². The second-order valence-corrected chi connectivity index (χ2v) is 6.38. The first-order valence-electron chi connectivity index (χ1n) is 6.06. The van der Waals surface area contributed by atoms with Crippen LogP contribution >= 0.6 is 23.1 Å². The van der Waals surface area contributed by atoms with Crippen molar-refractivity contribution >= 4 is 28.2 Å². The molecule has 0 aliphatic rings. The van der Waals surface area contributed by atoms with E-state index in [0.29, 0.717) is 22.6 Å². The zero-order chi connectivity index (χ0) is 14.7. The second kappa shape index (κ2) is 6.15. The molecule has 0 aliphatic heterocycles. The van der Waals surface area contributed by atoms with E-state index in [1.807, 2.05) is 24.3 Å². The first-order chi connectivity index (χ1) is 10.2. The first-order valence-corrected chi connectivity index (χ1v) is 7.86. The lowest BCUT2D eigenvalue weighted by molar-refractivity contribution is 0.391. The van der Waals surface area contributed by atoms with Gasteiger partial charge in [0.25, 0.3) is 0 Å². The number of nitrogen functional groups attached to an aromatic ring is 1. The van der Waals surface area contributed by atoms with Crippen LogP contribution in [0.2, 0.25) is 0 Å². The molecule has 0 fully saturated rings. The van der Waals surface area contributed by atoms with Gasteiger partial charge in [0.2, 0.25) is 11.7 Å². The summed E-state index contributed by atoms with van der Waals surface area (Å²) < 4.78 is 11.4. The van der Waals surface area contributed by atoms with E-state index in [1.165, 1.54) is 11.3 Å². The molecule has 2 N–H and O–H groups in total. The highest BCUT2D eigenvalue weighted by atomic mass is 32.2. The number of methoxy groups -OCH3 is 1. The molecule has 0 atom stereocenters. The van der Waals surface area contributed by atoms with Gasteiger partial charge in [-0.3, -0.25) is 0 Å². The Labute approximate surface area is 129 Å². The molecule has 0 radical (unpaired) electrons. The van der Waals surface area contributed by atoms with Crippen molar-refractivity contribution in [2.24, 2.45) is 0 Å². The van der Waals surface area contributed by atoms with Crippen molar-refractivity contribution in [3.05, 3.63) is 36.4 Å². The Hall–Kier alpha value is -2.06. The van der Waals surface area contributed by atoms with Crippen LogP contribution in [0.5, 0.6) is 5.75 Å². The van der Waals surface area contributed by atoms with Gasteiger partial charge < -0.3 is 15.0 Å². The van der Waals surface area contributed by atoms with Crippen molar-refractivity contribution in [2.45, 2.75) is 9.96 Å². The molecule has 0 spiro atoms. The lowest BCUT2D eigenvalue weighted by Crippen LogP contribution is -1.84. The topological polar surface area (TPSA) is 87.1 Å². The van der Waals surface area contributed by atoms with E-state index in [-0.39, 0.29) is 0 Å². The maximum atomic E-state index is 5.58. The molecule has 3 rings (SSSR count). The van der Waals surface area contributed by atoms with E-state index in [2.05, 4.69) is 15.1 Å². The third-order valence-corrected chi connectivity index (χ3v) is 4.66. The molecule has 0 saturated heterocycles. The van der Waals surface area contributed by atoms with Crippen molar-refractivity contribution in [1.82, 2.24) is 15.1 Å². The number of thiazole rings is 1. The quantitative estimate of drug-likeness (QED) is 0.723. The van der Waals surface area contributed by atoms with Crippen LogP contribution in [0.1, 0.15) is 5.89 Å². The monoisotopic (exact) mass is 320 g/mol. The molecule has 0 amide bonds. The minimum atomic E-state index is 0.557. The molecule has 0 bridgehead atoms. The number of hydrogen-bond donors (Lipinski definition) is 1. The van der Waals surface area contributed by atoms with Gasteiger partial charge in [-0.25, -0.2) is 4.98 Å². The van der Waals surface area contributed by atoms with Crippen LogP contribution < -0.4 is 10.5 Å². The third kappa shape index (κ3) is 3.34. The number of thioether (sulfide) groups is 1. The number of benzene rings is 1. The highest BCUT2D eigenvalue weighted by Gasteiger charge is 2.10. The van der Waals surface area contributed by atoms with E-state index in [4.69, 9.17) is 15.0 Å². The van der Waals surface area contributed by atoms with E-state index in [0.717, 1.165) is 15.5 Å². The average Bonchev–Trinajstić information content (AvgIpc) is 3.14. The molecule has 6 nitrogen and oxygen atoms in total. The predicted octanol–water partition coefficient (Wildman–Crippen LogP) is 3.08. The fourth-order valence-corrected chi connectivity index (χ4v) is 3.24. The van der Waals surface area contributed by atoms with Gasteiger partial charge in [-0.1, -0.05) is 16.5 Å². The average molecular weight is 320 g/mol. The Morgan fingerprint density at radius 1 is 1.33 bits per heavy atom. The standard InChI is InChI=1S/C13H12N4O2S2/c1-18-9-4-2-8(3-5-9)12-16-10(19-17-12)7-20-11-6-15-13(14)21-11/h2-6H,7H2,1H3,(H2,14,15). The highest BCUT2D eigenvalue weighted by Crippen LogP contribution is 2.29. The van der Waals surface area contributed by atoms with E-state index < -0.39 is 0 Å². The third-order valence-electron chi connectivity index (χ3n) is 2.66. The van der Waals surface area contributed by atoms with Crippen LogP contribution in [-0.2, 0) is 5.75 Å². The minimum absolute atomic E-state index is 0.557. The van der Waals surface area contributed by atoms with E-state index in [1.54, 1.807) is 25.1 Å². The van der Waals surface area contributed by atoms with Crippen LogP contribution in [0, 0.1) is 0 Å². The van der Waals surface area contributed by atoms with Gasteiger partial charge in [-0.15, -0.1) is 11.8 Å². The Kier molecular flexibility index (Phi) is 4.07. The zero-order valence-electron chi connectivity index (χ0n) is 11.1. The molecule has 1 aromatic carbocycles. The van der Waals surface area contributed by atoms with Crippen molar-refractivity contribution in [2.75, 3.05) is 12.8 Å². The molecule has 21 heavy (non-hydrogen) atoms. The number of nitrogens with zero attached hydrogens (tertiary/aromatic N) is 3. The summed E-state index contributed by atoms with van der Waals surface area (Å²) in [5.74, 6) is 2.51. The molecule has 0 saturated carbocycles. The summed E-state index contributed by atoms with van der Waals surface area (Å²) in [6.07, 6.45) is 1.74. The van der Waals surface area contributed by atoms with Crippen LogP contribution in [0.15, 0.2) is 39.2 Å². The van der Waals surface area contributed by atoms with Gasteiger partial charge in [-0.05, 0) is 24.3 Å². The second-order valence-electron chi connectivity index (χ2n) is 4.05. The Balaban J connectivity index is 1.67. The first kappa shape index (κ1) is 13.9. The molecule has 2 aromatic heterocycles. The summed E-state index contributed by atoms with van der Waals surface area (Å²) in [5.41, 5.74) is 6.47. The SMILES string of the molecule is COc1ccc(-c2noc(CSc3cnc(N)s3)n2)cc1. The highest BCUT2D eigenvalue weighted by molar-refractivity contribution is 8.00. The fourth-order valence-electron chi connectivity index (χ4n) is 1.64. The van der Waals surface area contributed by atoms with Gasteiger partial charge >= 0.3 is 0 Å². The summed E-state index contributed by atoms with van der Waals surface area (Å²) in [5, 5.41) is 4.54. The molecular weight excluding hydrogens is 308 g/mol. The maximum Gasteiger partial charge on any atom is 0.237 e. The van der Waals surface area contributed by atoms with E-state index >= 15 is 0 Å². The molecule has 2 heterocycles.